The molecule has 1 heterocycles. The molecular formula is C8H10N4O4. The van der Waals surface area contributed by atoms with Crippen LogP contribution in [0.1, 0.15) is 0 Å². The van der Waals surface area contributed by atoms with Crippen molar-refractivity contribution in [1.29, 1.82) is 0 Å². The number of nitro groups is 1. The summed E-state index contributed by atoms with van der Waals surface area (Å²) < 4.78 is 0. The number of primary amides is 1. The van der Waals surface area contributed by atoms with Crippen LogP contribution in [0.15, 0.2) is 18.3 Å². The summed E-state index contributed by atoms with van der Waals surface area (Å²) in [6.45, 7) is -0.206. The maximum atomic E-state index is 10.5. The van der Waals surface area contributed by atoms with E-state index in [-0.39, 0.29) is 18.1 Å². The highest BCUT2D eigenvalue weighted by Gasteiger charge is 2.16. The molecule has 8 nitrogen and oxygen atoms in total. The number of hydrogen-bond acceptors (Lipinski definition) is 6. The molecule has 86 valence electrons. The Morgan fingerprint density at radius 2 is 2.44 bits per heavy atom. The van der Waals surface area contributed by atoms with Crippen LogP contribution in [0.25, 0.3) is 0 Å². The lowest BCUT2D eigenvalue weighted by atomic mass is 10.3. The zero-order valence-electron chi connectivity index (χ0n) is 8.16. The molecule has 0 aromatic carbocycles. The SMILES string of the molecule is NC(=O)C(O)CNc1cccnc1[N+](=O)[O-]. The zero-order chi connectivity index (χ0) is 12.1. The summed E-state index contributed by atoms with van der Waals surface area (Å²) >= 11 is 0. The molecular weight excluding hydrogens is 216 g/mol. The van der Waals surface area contributed by atoms with Gasteiger partial charge in [0.25, 0.3) is 0 Å². The van der Waals surface area contributed by atoms with Crippen LogP contribution >= 0.6 is 0 Å². The van der Waals surface area contributed by atoms with Gasteiger partial charge in [-0.3, -0.25) is 4.79 Å². The van der Waals surface area contributed by atoms with E-state index in [9.17, 15) is 14.9 Å². The van der Waals surface area contributed by atoms with E-state index in [0.29, 0.717) is 0 Å². The summed E-state index contributed by atoms with van der Waals surface area (Å²) in [5.41, 5.74) is 4.94. The number of carbonyl (C=O) groups excluding carboxylic acids is 1. The minimum Gasteiger partial charge on any atom is -0.381 e. The second kappa shape index (κ2) is 5.03. The minimum atomic E-state index is -1.40. The zero-order valence-corrected chi connectivity index (χ0v) is 8.16. The Hall–Kier alpha value is -2.22. The van der Waals surface area contributed by atoms with Crippen LogP contribution in [0.5, 0.6) is 0 Å². The molecule has 1 aromatic rings. The molecule has 0 saturated heterocycles. The molecule has 1 unspecified atom stereocenters. The van der Waals surface area contributed by atoms with Crippen molar-refractivity contribution in [1.82, 2.24) is 4.98 Å². The van der Waals surface area contributed by atoms with Gasteiger partial charge in [-0.05, 0) is 22.0 Å². The third-order valence-electron chi connectivity index (χ3n) is 1.77. The summed E-state index contributed by atoms with van der Waals surface area (Å²) in [5, 5.41) is 22.2. The predicted octanol–water partition coefficient (Wildman–Crippen LogP) is -0.752. The highest BCUT2D eigenvalue weighted by atomic mass is 16.6. The molecule has 1 rings (SSSR count). The van der Waals surface area contributed by atoms with Crippen LogP contribution < -0.4 is 11.1 Å². The molecule has 0 bridgehead atoms. The van der Waals surface area contributed by atoms with Crippen LogP contribution in [-0.2, 0) is 4.79 Å². The fourth-order valence-corrected chi connectivity index (χ4v) is 0.988. The third-order valence-corrected chi connectivity index (χ3v) is 1.77. The maximum Gasteiger partial charge on any atom is 0.386 e. The normalized spacial score (nSPS) is 11.8. The maximum absolute atomic E-state index is 10.5. The first kappa shape index (κ1) is 11.9. The smallest absolute Gasteiger partial charge is 0.381 e. The van der Waals surface area contributed by atoms with Crippen molar-refractivity contribution in [2.24, 2.45) is 5.73 Å². The van der Waals surface area contributed by atoms with Crippen LogP contribution in [0, 0.1) is 10.1 Å². The van der Waals surface area contributed by atoms with Gasteiger partial charge in [-0.2, -0.15) is 0 Å². The average molecular weight is 226 g/mol. The monoisotopic (exact) mass is 226 g/mol. The lowest BCUT2D eigenvalue weighted by Crippen LogP contribution is -2.34. The van der Waals surface area contributed by atoms with E-state index < -0.39 is 16.9 Å². The number of aromatic nitrogens is 1. The molecule has 0 saturated carbocycles. The van der Waals surface area contributed by atoms with Crippen molar-refractivity contribution in [3.8, 4) is 0 Å². The van der Waals surface area contributed by atoms with Crippen LogP contribution in [-0.4, -0.2) is 33.6 Å². The second-order valence-electron chi connectivity index (χ2n) is 2.93. The van der Waals surface area contributed by atoms with Crippen molar-refractivity contribution in [2.45, 2.75) is 6.10 Å². The molecule has 1 amide bonds. The molecule has 0 radical (unpaired) electrons. The number of nitrogens with one attached hydrogen (secondary N) is 1. The fraction of sp³-hybridized carbons (Fsp3) is 0.250. The Labute approximate surface area is 90.2 Å². The van der Waals surface area contributed by atoms with Crippen molar-refractivity contribution >= 4 is 17.4 Å². The number of pyridine rings is 1. The molecule has 0 aliphatic rings. The number of anilines is 1. The highest BCUT2D eigenvalue weighted by Crippen LogP contribution is 2.19. The molecule has 16 heavy (non-hydrogen) atoms. The average Bonchev–Trinajstić information content (AvgIpc) is 2.25. The van der Waals surface area contributed by atoms with Gasteiger partial charge in [-0.15, -0.1) is 0 Å². The number of nitrogens with two attached hydrogens (primary N) is 1. The van der Waals surface area contributed by atoms with Gasteiger partial charge in [0, 0.05) is 0 Å². The van der Waals surface area contributed by atoms with E-state index in [1.54, 1.807) is 0 Å². The molecule has 1 atom stereocenters. The van der Waals surface area contributed by atoms with Crippen LogP contribution in [0.3, 0.4) is 0 Å². The first-order valence-electron chi connectivity index (χ1n) is 4.33. The Balaban J connectivity index is 2.74. The Morgan fingerprint density at radius 3 is 3.00 bits per heavy atom. The molecule has 0 aliphatic carbocycles. The van der Waals surface area contributed by atoms with Gasteiger partial charge in [0.2, 0.25) is 5.91 Å². The number of carbonyl (C=O) groups is 1. The largest absolute Gasteiger partial charge is 0.386 e. The molecule has 0 aliphatic heterocycles. The van der Waals surface area contributed by atoms with Crippen molar-refractivity contribution in [3.05, 3.63) is 28.4 Å². The number of hydrogen-bond donors (Lipinski definition) is 3. The van der Waals surface area contributed by atoms with Gasteiger partial charge in [0.1, 0.15) is 18.0 Å². The van der Waals surface area contributed by atoms with Gasteiger partial charge >= 0.3 is 5.82 Å². The van der Waals surface area contributed by atoms with Gasteiger partial charge in [0.15, 0.2) is 0 Å². The number of amides is 1. The van der Waals surface area contributed by atoms with E-state index in [0.717, 1.165) is 0 Å². The Morgan fingerprint density at radius 1 is 1.75 bits per heavy atom. The molecule has 0 fully saturated rings. The van der Waals surface area contributed by atoms with E-state index in [2.05, 4.69) is 10.3 Å². The van der Waals surface area contributed by atoms with E-state index in [4.69, 9.17) is 10.8 Å². The minimum absolute atomic E-state index is 0.118. The van der Waals surface area contributed by atoms with E-state index in [1.165, 1.54) is 18.3 Å². The van der Waals surface area contributed by atoms with Crippen molar-refractivity contribution < 1.29 is 14.8 Å². The quantitative estimate of drug-likeness (QED) is 0.447. The van der Waals surface area contributed by atoms with E-state index in [1.807, 2.05) is 0 Å². The Bertz CT molecular complexity index is 409. The van der Waals surface area contributed by atoms with Gasteiger partial charge in [-0.1, -0.05) is 0 Å². The number of aliphatic hydroxyl groups is 1. The summed E-state index contributed by atoms with van der Waals surface area (Å²) in [6.07, 6.45) is -0.131. The van der Waals surface area contributed by atoms with Crippen LogP contribution in [0.4, 0.5) is 11.5 Å². The fourth-order valence-electron chi connectivity index (χ4n) is 0.988. The molecule has 0 spiro atoms. The summed E-state index contributed by atoms with van der Waals surface area (Å²) in [6, 6.07) is 2.91. The van der Waals surface area contributed by atoms with Gasteiger partial charge in [-0.25, -0.2) is 0 Å². The summed E-state index contributed by atoms with van der Waals surface area (Å²) in [7, 11) is 0. The van der Waals surface area contributed by atoms with Crippen molar-refractivity contribution in [2.75, 3.05) is 11.9 Å². The van der Waals surface area contributed by atoms with Crippen LogP contribution in [0.2, 0.25) is 0 Å². The molecule has 8 heteroatoms. The summed E-state index contributed by atoms with van der Waals surface area (Å²) in [5.74, 6) is -1.28. The number of aliphatic hydroxyl groups excluding tert-OH is 1. The third kappa shape index (κ3) is 2.89. The molecule has 1 aromatic heterocycles. The van der Waals surface area contributed by atoms with Crippen molar-refractivity contribution in [3.63, 3.8) is 0 Å². The lowest BCUT2D eigenvalue weighted by molar-refractivity contribution is -0.388. The summed E-state index contributed by atoms with van der Waals surface area (Å²) in [4.78, 5) is 23.9. The first-order chi connectivity index (χ1) is 7.52. The highest BCUT2D eigenvalue weighted by molar-refractivity contribution is 5.79. The second-order valence-corrected chi connectivity index (χ2v) is 2.93. The van der Waals surface area contributed by atoms with Gasteiger partial charge < -0.3 is 26.3 Å². The topological polar surface area (TPSA) is 131 Å². The number of nitrogens with zero attached hydrogens (tertiary/aromatic N) is 2. The van der Waals surface area contributed by atoms with Gasteiger partial charge in [0.05, 0.1) is 6.54 Å². The standard InChI is InChI=1S/C8H10N4O4/c9-7(14)6(13)4-11-5-2-1-3-10-8(5)12(15)16/h1-3,6,11,13H,4H2,(H2,9,14). The first-order valence-corrected chi connectivity index (χ1v) is 4.33. The predicted molar refractivity (Wildman–Crippen MR) is 54.6 cm³/mol. The lowest BCUT2D eigenvalue weighted by Gasteiger charge is -2.08. The molecule has 4 N–H and O–H groups in total. The van der Waals surface area contributed by atoms with E-state index >= 15 is 0 Å². The Kier molecular flexibility index (Phi) is 3.72. The number of rotatable bonds is 5.